The summed E-state index contributed by atoms with van der Waals surface area (Å²) in [5, 5.41) is 0. The number of carbonyl (C=O) groups excluding carboxylic acids is 1. The summed E-state index contributed by atoms with van der Waals surface area (Å²) in [6.45, 7) is 7.74. The molecular formula is C22H25FN4O. The zero-order chi connectivity index (χ0) is 19.9. The van der Waals surface area contributed by atoms with Gasteiger partial charge >= 0.3 is 0 Å². The van der Waals surface area contributed by atoms with Gasteiger partial charge in [0.1, 0.15) is 5.82 Å². The first-order chi connectivity index (χ1) is 13.3. The van der Waals surface area contributed by atoms with Crippen molar-refractivity contribution in [1.29, 1.82) is 0 Å². The largest absolute Gasteiger partial charge is 0.342 e. The van der Waals surface area contributed by atoms with E-state index >= 15 is 0 Å². The minimum Gasteiger partial charge on any atom is -0.342 e. The van der Waals surface area contributed by atoms with E-state index in [-0.39, 0.29) is 23.1 Å². The number of likely N-dealkylation sites (tertiary alicyclic amines) is 1. The van der Waals surface area contributed by atoms with Gasteiger partial charge in [-0.05, 0) is 42.2 Å². The molecule has 4 rings (SSSR count). The predicted molar refractivity (Wildman–Crippen MR) is 106 cm³/mol. The van der Waals surface area contributed by atoms with Gasteiger partial charge in [-0.2, -0.15) is 0 Å². The summed E-state index contributed by atoms with van der Waals surface area (Å²) in [5.41, 5.74) is 2.85. The van der Waals surface area contributed by atoms with Crippen LogP contribution in [0.25, 0.3) is 17.0 Å². The Kier molecular flexibility index (Phi) is 4.65. The Hall–Kier alpha value is -2.76. The van der Waals surface area contributed by atoms with E-state index in [0.717, 1.165) is 29.9 Å². The zero-order valence-electron chi connectivity index (χ0n) is 16.5. The number of rotatable bonds is 3. The van der Waals surface area contributed by atoms with Crippen LogP contribution in [0.4, 0.5) is 4.39 Å². The molecule has 0 spiro atoms. The van der Waals surface area contributed by atoms with E-state index in [1.54, 1.807) is 24.5 Å². The normalized spacial score (nSPS) is 17.4. The van der Waals surface area contributed by atoms with Crippen molar-refractivity contribution in [1.82, 2.24) is 19.3 Å². The Morgan fingerprint density at radius 1 is 1.18 bits per heavy atom. The van der Waals surface area contributed by atoms with Crippen molar-refractivity contribution >= 4 is 11.7 Å². The fourth-order valence-electron chi connectivity index (χ4n) is 3.88. The van der Waals surface area contributed by atoms with Gasteiger partial charge in [0.15, 0.2) is 0 Å². The number of carbonyl (C=O) groups is 1. The van der Waals surface area contributed by atoms with E-state index in [2.05, 4.69) is 30.7 Å². The quantitative estimate of drug-likeness (QED) is 0.681. The van der Waals surface area contributed by atoms with E-state index in [1.807, 2.05) is 15.4 Å². The Bertz CT molecular complexity index is 1000. The number of nitrogens with zero attached hydrogens (tertiary/aromatic N) is 4. The van der Waals surface area contributed by atoms with Crippen molar-refractivity contribution < 1.29 is 9.18 Å². The van der Waals surface area contributed by atoms with Crippen molar-refractivity contribution in [3.05, 3.63) is 54.2 Å². The smallest absolute Gasteiger partial charge is 0.234 e. The van der Waals surface area contributed by atoms with Crippen LogP contribution in [0.15, 0.2) is 42.7 Å². The van der Waals surface area contributed by atoms with Crippen LogP contribution in [0.1, 0.15) is 45.2 Å². The number of benzene rings is 1. The summed E-state index contributed by atoms with van der Waals surface area (Å²) in [7, 11) is 0. The molecule has 1 amide bonds. The first-order valence-electron chi connectivity index (χ1n) is 9.68. The second kappa shape index (κ2) is 7.00. The molecule has 0 aliphatic carbocycles. The van der Waals surface area contributed by atoms with E-state index in [0.29, 0.717) is 18.7 Å². The third kappa shape index (κ3) is 3.63. The number of imidazole rings is 1. The number of aromatic nitrogens is 3. The standard InChI is InChI=1S/C22H25FN4O/c1-22(2,3)12-20(28)26-11-9-16(14-26)18-8-10-24-21-25-13-19(27(18)21)15-4-6-17(23)7-5-15/h4-8,10,13,16H,9,11-12,14H2,1-3H3. The molecular weight excluding hydrogens is 355 g/mol. The van der Waals surface area contributed by atoms with Crippen LogP contribution in [-0.2, 0) is 4.79 Å². The molecule has 1 aliphatic heterocycles. The minimum absolute atomic E-state index is 0.0147. The first-order valence-corrected chi connectivity index (χ1v) is 9.68. The van der Waals surface area contributed by atoms with Gasteiger partial charge in [-0.3, -0.25) is 9.20 Å². The predicted octanol–water partition coefficient (Wildman–Crippen LogP) is 4.29. The van der Waals surface area contributed by atoms with Crippen LogP contribution < -0.4 is 0 Å². The van der Waals surface area contributed by atoms with Gasteiger partial charge in [0.2, 0.25) is 11.7 Å². The lowest BCUT2D eigenvalue weighted by molar-refractivity contribution is -0.132. The Morgan fingerprint density at radius 3 is 2.64 bits per heavy atom. The van der Waals surface area contributed by atoms with Crippen LogP contribution in [0, 0.1) is 11.2 Å². The average molecular weight is 380 g/mol. The fourth-order valence-corrected chi connectivity index (χ4v) is 3.88. The molecule has 3 heterocycles. The van der Waals surface area contributed by atoms with E-state index in [4.69, 9.17) is 0 Å². The molecule has 5 nitrogen and oxygen atoms in total. The highest BCUT2D eigenvalue weighted by atomic mass is 19.1. The Labute approximate surface area is 164 Å². The van der Waals surface area contributed by atoms with Crippen molar-refractivity contribution in [2.75, 3.05) is 13.1 Å². The second-order valence-corrected chi connectivity index (χ2v) is 8.72. The van der Waals surface area contributed by atoms with Gasteiger partial charge in [0, 0.05) is 42.9 Å². The summed E-state index contributed by atoms with van der Waals surface area (Å²) < 4.78 is 15.4. The highest BCUT2D eigenvalue weighted by molar-refractivity contribution is 5.77. The monoisotopic (exact) mass is 380 g/mol. The Morgan fingerprint density at radius 2 is 1.93 bits per heavy atom. The summed E-state index contributed by atoms with van der Waals surface area (Å²) in [4.78, 5) is 23.4. The van der Waals surface area contributed by atoms with Crippen molar-refractivity contribution in [3.63, 3.8) is 0 Å². The maximum Gasteiger partial charge on any atom is 0.234 e. The fraction of sp³-hybridized carbons (Fsp3) is 0.409. The molecule has 2 aromatic heterocycles. The van der Waals surface area contributed by atoms with Gasteiger partial charge in [0.25, 0.3) is 0 Å². The maximum atomic E-state index is 13.3. The molecule has 1 aliphatic rings. The first kappa shape index (κ1) is 18.6. The molecule has 6 heteroatoms. The lowest BCUT2D eigenvalue weighted by Crippen LogP contribution is -2.31. The molecule has 1 aromatic carbocycles. The maximum absolute atomic E-state index is 13.3. The van der Waals surface area contributed by atoms with Crippen molar-refractivity contribution in [2.24, 2.45) is 5.41 Å². The van der Waals surface area contributed by atoms with Crippen LogP contribution in [0.5, 0.6) is 0 Å². The van der Waals surface area contributed by atoms with Crippen molar-refractivity contribution in [3.8, 4) is 11.3 Å². The van der Waals surface area contributed by atoms with Crippen LogP contribution in [0.3, 0.4) is 0 Å². The molecule has 1 unspecified atom stereocenters. The van der Waals surface area contributed by atoms with Gasteiger partial charge in [-0.25, -0.2) is 14.4 Å². The summed E-state index contributed by atoms with van der Waals surface area (Å²) in [6, 6.07) is 8.41. The van der Waals surface area contributed by atoms with E-state index in [1.165, 1.54) is 12.1 Å². The van der Waals surface area contributed by atoms with E-state index < -0.39 is 0 Å². The second-order valence-electron chi connectivity index (χ2n) is 8.72. The molecule has 1 saturated heterocycles. The van der Waals surface area contributed by atoms with Crippen LogP contribution in [-0.4, -0.2) is 38.3 Å². The third-order valence-corrected chi connectivity index (χ3v) is 5.22. The molecule has 28 heavy (non-hydrogen) atoms. The number of hydrogen-bond donors (Lipinski definition) is 0. The number of amides is 1. The van der Waals surface area contributed by atoms with Gasteiger partial charge in [0.05, 0.1) is 11.9 Å². The molecule has 146 valence electrons. The van der Waals surface area contributed by atoms with Gasteiger partial charge < -0.3 is 4.90 Å². The summed E-state index contributed by atoms with van der Waals surface area (Å²) >= 11 is 0. The molecule has 0 bridgehead atoms. The third-order valence-electron chi connectivity index (χ3n) is 5.22. The molecule has 1 fully saturated rings. The van der Waals surface area contributed by atoms with Crippen LogP contribution >= 0.6 is 0 Å². The van der Waals surface area contributed by atoms with Crippen LogP contribution in [0.2, 0.25) is 0 Å². The number of hydrogen-bond acceptors (Lipinski definition) is 3. The molecule has 0 N–H and O–H groups in total. The summed E-state index contributed by atoms with van der Waals surface area (Å²) in [6.07, 6.45) is 5.01. The van der Waals surface area contributed by atoms with Crippen molar-refractivity contribution in [2.45, 2.75) is 39.5 Å². The molecule has 0 radical (unpaired) electrons. The zero-order valence-corrected chi connectivity index (χ0v) is 16.5. The topological polar surface area (TPSA) is 50.5 Å². The highest BCUT2D eigenvalue weighted by Gasteiger charge is 2.31. The average Bonchev–Trinajstić information content (AvgIpc) is 3.28. The minimum atomic E-state index is -0.264. The molecule has 1 atom stereocenters. The lowest BCUT2D eigenvalue weighted by atomic mass is 9.91. The lowest BCUT2D eigenvalue weighted by Gasteiger charge is -2.23. The SMILES string of the molecule is CC(C)(C)CC(=O)N1CCC(c2ccnc3ncc(-c4ccc(F)cc4)n23)C1. The summed E-state index contributed by atoms with van der Waals surface area (Å²) in [5.74, 6) is 0.795. The molecule has 0 saturated carbocycles. The van der Waals surface area contributed by atoms with Gasteiger partial charge in [-0.15, -0.1) is 0 Å². The van der Waals surface area contributed by atoms with E-state index in [9.17, 15) is 9.18 Å². The number of halogens is 1. The highest BCUT2D eigenvalue weighted by Crippen LogP contribution is 2.32. The Balaban J connectivity index is 1.65. The molecule has 3 aromatic rings. The number of fused-ring (bicyclic) bond motifs is 1. The van der Waals surface area contributed by atoms with Gasteiger partial charge in [-0.1, -0.05) is 20.8 Å².